The minimum absolute atomic E-state index is 0.218. The van der Waals surface area contributed by atoms with Crippen LogP contribution in [0.2, 0.25) is 0 Å². The van der Waals surface area contributed by atoms with Crippen molar-refractivity contribution in [2.45, 2.75) is 32.6 Å². The quantitative estimate of drug-likeness (QED) is 0.321. The third kappa shape index (κ3) is 8.04. The summed E-state index contributed by atoms with van der Waals surface area (Å²) < 4.78 is 8.81. The molecule has 0 aliphatic carbocycles. The molecule has 0 aliphatic rings. The van der Waals surface area contributed by atoms with Crippen LogP contribution in [0.5, 0.6) is 0 Å². The second-order valence-electron chi connectivity index (χ2n) is 2.66. The number of unbranched alkanes of at least 4 members (excludes halogenated alkanes) is 2. The monoisotopic (exact) mass is 266 g/mol. The lowest BCUT2D eigenvalue weighted by atomic mass is 10.2. The van der Waals surface area contributed by atoms with E-state index in [-0.39, 0.29) is 13.0 Å². The highest BCUT2D eigenvalue weighted by Gasteiger charge is 2.09. The van der Waals surface area contributed by atoms with E-state index < -0.39 is 12.1 Å². The molecule has 0 atom stereocenters. The number of hydrogen-bond donors (Lipinski definition) is 0. The maximum absolute atomic E-state index is 11.0. The largest absolute Gasteiger partial charge is 0.516 e. The number of halogens is 1. The molecule has 0 radical (unpaired) electrons. The normalized spacial score (nSPS) is 9.57. The van der Waals surface area contributed by atoms with Gasteiger partial charge in [-0.05, 0) is 19.8 Å². The van der Waals surface area contributed by atoms with Gasteiger partial charge < -0.3 is 9.47 Å². The minimum Gasteiger partial charge on any atom is -0.434 e. The van der Waals surface area contributed by atoms with Crippen LogP contribution in [0.25, 0.3) is 0 Å². The van der Waals surface area contributed by atoms with E-state index in [0.29, 0.717) is 0 Å². The summed E-state index contributed by atoms with van der Waals surface area (Å²) in [5.41, 5.74) is 0. The van der Waals surface area contributed by atoms with Gasteiger partial charge in [0.2, 0.25) is 0 Å². The Kier molecular flexibility index (Phi) is 8.62. The van der Waals surface area contributed by atoms with Gasteiger partial charge in [-0.15, -0.1) is 0 Å². The summed E-state index contributed by atoms with van der Waals surface area (Å²) in [6.45, 7) is 1.87. The standard InChI is InChI=1S/C9H15BrO4/c1-2-13-9(12)14-8(11)6-4-3-5-7-10/h2-7H2,1H3. The maximum Gasteiger partial charge on any atom is 0.516 e. The first kappa shape index (κ1) is 13.4. The van der Waals surface area contributed by atoms with E-state index in [2.05, 4.69) is 25.4 Å². The molecule has 0 aromatic heterocycles. The molecule has 4 nitrogen and oxygen atoms in total. The van der Waals surface area contributed by atoms with E-state index in [4.69, 9.17) is 0 Å². The van der Waals surface area contributed by atoms with Gasteiger partial charge in [0.1, 0.15) is 0 Å². The Morgan fingerprint density at radius 1 is 1.21 bits per heavy atom. The highest BCUT2D eigenvalue weighted by molar-refractivity contribution is 9.09. The molecule has 5 heteroatoms. The predicted molar refractivity (Wildman–Crippen MR) is 55.4 cm³/mol. The zero-order chi connectivity index (χ0) is 10.8. The smallest absolute Gasteiger partial charge is 0.434 e. The average Bonchev–Trinajstić information content (AvgIpc) is 2.13. The van der Waals surface area contributed by atoms with Crippen LogP contribution in [0, 0.1) is 0 Å². The molecule has 0 unspecified atom stereocenters. The topological polar surface area (TPSA) is 52.6 Å². The Labute approximate surface area is 92.1 Å². The van der Waals surface area contributed by atoms with Gasteiger partial charge in [-0.3, -0.25) is 4.79 Å². The Morgan fingerprint density at radius 3 is 2.50 bits per heavy atom. The van der Waals surface area contributed by atoms with Gasteiger partial charge in [-0.25, -0.2) is 4.79 Å². The summed E-state index contributed by atoms with van der Waals surface area (Å²) in [5.74, 6) is -0.516. The fourth-order valence-electron chi connectivity index (χ4n) is 0.832. The Bertz CT molecular complexity index is 182. The molecular formula is C9H15BrO4. The van der Waals surface area contributed by atoms with Crippen molar-refractivity contribution < 1.29 is 19.1 Å². The molecule has 0 saturated heterocycles. The van der Waals surface area contributed by atoms with Crippen molar-refractivity contribution in [2.24, 2.45) is 0 Å². The number of carbonyl (C=O) groups is 2. The lowest BCUT2D eigenvalue weighted by molar-refractivity contribution is -0.139. The number of alkyl halides is 1. The molecule has 0 spiro atoms. The molecule has 14 heavy (non-hydrogen) atoms. The van der Waals surface area contributed by atoms with Gasteiger partial charge >= 0.3 is 12.1 Å². The molecule has 0 rings (SSSR count). The summed E-state index contributed by atoms with van der Waals surface area (Å²) in [4.78, 5) is 21.6. The molecular weight excluding hydrogens is 252 g/mol. The lowest BCUT2D eigenvalue weighted by Crippen LogP contribution is -2.13. The van der Waals surface area contributed by atoms with Crippen LogP contribution in [0.15, 0.2) is 0 Å². The average molecular weight is 267 g/mol. The zero-order valence-electron chi connectivity index (χ0n) is 8.25. The first-order chi connectivity index (χ1) is 6.70. The van der Waals surface area contributed by atoms with Crippen molar-refractivity contribution in [3.05, 3.63) is 0 Å². The van der Waals surface area contributed by atoms with E-state index in [1.165, 1.54) is 0 Å². The minimum atomic E-state index is -0.905. The van der Waals surface area contributed by atoms with Gasteiger partial charge in [0.25, 0.3) is 0 Å². The molecule has 0 fully saturated rings. The summed E-state index contributed by atoms with van der Waals surface area (Å²) in [7, 11) is 0. The number of ether oxygens (including phenoxy) is 2. The van der Waals surface area contributed by atoms with Gasteiger partial charge in [0, 0.05) is 11.8 Å². The summed E-state index contributed by atoms with van der Waals surface area (Å²) in [6.07, 6.45) is 2.07. The molecule has 0 heterocycles. The van der Waals surface area contributed by atoms with Crippen LogP contribution < -0.4 is 0 Å². The second-order valence-corrected chi connectivity index (χ2v) is 3.45. The van der Waals surface area contributed by atoms with Crippen LogP contribution >= 0.6 is 15.9 Å². The van der Waals surface area contributed by atoms with Crippen LogP contribution in [0.3, 0.4) is 0 Å². The molecule has 0 bridgehead atoms. The van der Waals surface area contributed by atoms with E-state index in [1.54, 1.807) is 6.92 Å². The third-order valence-corrected chi connectivity index (χ3v) is 2.03. The van der Waals surface area contributed by atoms with Gasteiger partial charge in [-0.2, -0.15) is 0 Å². The molecule has 0 aromatic rings. The Balaban J connectivity index is 3.40. The zero-order valence-corrected chi connectivity index (χ0v) is 9.84. The van der Waals surface area contributed by atoms with Crippen molar-refractivity contribution >= 4 is 28.1 Å². The SMILES string of the molecule is CCOC(=O)OC(=O)CCCCCBr. The maximum atomic E-state index is 11.0. The molecule has 0 N–H and O–H groups in total. The van der Waals surface area contributed by atoms with Crippen LogP contribution in [0.4, 0.5) is 4.79 Å². The third-order valence-electron chi connectivity index (χ3n) is 1.47. The second kappa shape index (κ2) is 8.99. The lowest BCUT2D eigenvalue weighted by Gasteiger charge is -2.01. The highest BCUT2D eigenvalue weighted by Crippen LogP contribution is 2.03. The fourth-order valence-corrected chi connectivity index (χ4v) is 1.23. The summed E-state index contributed by atoms with van der Waals surface area (Å²) in [5, 5.41) is 0.930. The van der Waals surface area contributed by atoms with Gasteiger partial charge in [0.05, 0.1) is 6.61 Å². The van der Waals surface area contributed by atoms with Crippen molar-refractivity contribution in [1.29, 1.82) is 0 Å². The molecule has 0 aromatic carbocycles. The highest BCUT2D eigenvalue weighted by atomic mass is 79.9. The van der Waals surface area contributed by atoms with Crippen molar-refractivity contribution in [1.82, 2.24) is 0 Å². The first-order valence-electron chi connectivity index (χ1n) is 4.64. The van der Waals surface area contributed by atoms with Gasteiger partial charge in [-0.1, -0.05) is 22.4 Å². The van der Waals surface area contributed by atoms with Crippen molar-refractivity contribution in [3.8, 4) is 0 Å². The van der Waals surface area contributed by atoms with E-state index in [0.717, 1.165) is 24.6 Å². The first-order valence-corrected chi connectivity index (χ1v) is 5.76. The summed E-state index contributed by atoms with van der Waals surface area (Å²) in [6, 6.07) is 0. The Morgan fingerprint density at radius 2 is 1.93 bits per heavy atom. The predicted octanol–water partition coefficient (Wildman–Crippen LogP) is 2.64. The number of carbonyl (C=O) groups excluding carboxylic acids is 2. The molecule has 82 valence electrons. The van der Waals surface area contributed by atoms with E-state index in [9.17, 15) is 9.59 Å². The van der Waals surface area contributed by atoms with Crippen molar-refractivity contribution in [2.75, 3.05) is 11.9 Å². The summed E-state index contributed by atoms with van der Waals surface area (Å²) >= 11 is 3.29. The van der Waals surface area contributed by atoms with Crippen LogP contribution in [0.1, 0.15) is 32.6 Å². The fraction of sp³-hybridized carbons (Fsp3) is 0.778. The van der Waals surface area contributed by atoms with E-state index >= 15 is 0 Å². The number of hydrogen-bond acceptors (Lipinski definition) is 4. The van der Waals surface area contributed by atoms with Gasteiger partial charge in [0.15, 0.2) is 0 Å². The number of esters is 1. The Hall–Kier alpha value is -0.580. The molecule has 0 aliphatic heterocycles. The van der Waals surface area contributed by atoms with E-state index in [1.807, 2.05) is 0 Å². The molecule has 0 saturated carbocycles. The number of rotatable bonds is 6. The van der Waals surface area contributed by atoms with Crippen molar-refractivity contribution in [3.63, 3.8) is 0 Å². The van der Waals surface area contributed by atoms with Crippen LogP contribution in [-0.4, -0.2) is 24.1 Å². The molecule has 0 amide bonds. The van der Waals surface area contributed by atoms with Crippen LogP contribution in [-0.2, 0) is 14.3 Å².